The van der Waals surface area contributed by atoms with Crippen molar-refractivity contribution in [3.8, 4) is 0 Å². The third-order valence-electron chi connectivity index (χ3n) is 1.82. The predicted molar refractivity (Wildman–Crippen MR) is 56.5 cm³/mol. The molecule has 0 spiro atoms. The number of nitrogens with zero attached hydrogens (tertiary/aromatic N) is 1. The molecule has 0 aliphatic heterocycles. The molecule has 0 aromatic carbocycles. The molecule has 0 aromatic heterocycles. The number of hydrogen-bond donors (Lipinski definition) is 1. The molecule has 0 unspecified atom stereocenters. The molecule has 0 atom stereocenters. The molecule has 0 saturated carbocycles. The van der Waals surface area contributed by atoms with Gasteiger partial charge in [-0.25, -0.2) is 4.72 Å². The maximum atomic E-state index is 11.4. The van der Waals surface area contributed by atoms with Crippen LogP contribution in [0.15, 0.2) is 0 Å². The summed E-state index contributed by atoms with van der Waals surface area (Å²) in [6.07, 6.45) is 0.677. The highest BCUT2D eigenvalue weighted by Crippen LogP contribution is 1.99. The Balaban J connectivity index is 3.93. The van der Waals surface area contributed by atoms with E-state index in [1.165, 1.54) is 18.5 Å². The SMILES string of the molecule is CCNS(=O)(=O)N(C)CCCC(=O)OC. The summed E-state index contributed by atoms with van der Waals surface area (Å²) in [4.78, 5) is 10.8. The van der Waals surface area contributed by atoms with E-state index >= 15 is 0 Å². The summed E-state index contributed by atoms with van der Waals surface area (Å²) in [5.74, 6) is -0.329. The summed E-state index contributed by atoms with van der Waals surface area (Å²) in [5.41, 5.74) is 0. The zero-order valence-electron chi connectivity index (χ0n) is 9.32. The fraction of sp³-hybridized carbons (Fsp3) is 0.875. The Morgan fingerprint density at radius 1 is 1.47 bits per heavy atom. The van der Waals surface area contributed by atoms with Gasteiger partial charge in [0.25, 0.3) is 10.2 Å². The van der Waals surface area contributed by atoms with Gasteiger partial charge in [0.1, 0.15) is 0 Å². The predicted octanol–water partition coefficient (Wildman–Crippen LogP) is -0.274. The summed E-state index contributed by atoms with van der Waals surface area (Å²) in [5, 5.41) is 0. The van der Waals surface area contributed by atoms with Gasteiger partial charge in [-0.1, -0.05) is 6.92 Å². The minimum absolute atomic E-state index is 0.225. The van der Waals surface area contributed by atoms with E-state index in [4.69, 9.17) is 0 Å². The Kier molecular flexibility index (Phi) is 6.46. The second kappa shape index (κ2) is 6.76. The molecule has 15 heavy (non-hydrogen) atoms. The highest BCUT2D eigenvalue weighted by molar-refractivity contribution is 7.87. The molecule has 1 N–H and O–H groups in total. The van der Waals surface area contributed by atoms with Crippen LogP contribution in [0.5, 0.6) is 0 Å². The fourth-order valence-electron chi connectivity index (χ4n) is 0.961. The van der Waals surface area contributed by atoms with Crippen molar-refractivity contribution in [3.63, 3.8) is 0 Å². The first-order valence-electron chi connectivity index (χ1n) is 4.71. The van der Waals surface area contributed by atoms with Crippen LogP contribution in [0.2, 0.25) is 0 Å². The first-order chi connectivity index (χ1) is 6.94. The van der Waals surface area contributed by atoms with Gasteiger partial charge in [0.15, 0.2) is 0 Å². The molecule has 0 rings (SSSR count). The largest absolute Gasteiger partial charge is 0.469 e. The molecule has 6 nitrogen and oxygen atoms in total. The van der Waals surface area contributed by atoms with E-state index in [9.17, 15) is 13.2 Å². The van der Waals surface area contributed by atoms with E-state index in [2.05, 4.69) is 9.46 Å². The van der Waals surface area contributed by atoms with Crippen molar-refractivity contribution in [3.05, 3.63) is 0 Å². The highest BCUT2D eigenvalue weighted by Gasteiger charge is 2.15. The molecule has 0 radical (unpaired) electrons. The molecule has 0 heterocycles. The maximum Gasteiger partial charge on any atom is 0.305 e. The molecule has 0 aliphatic rings. The Labute approximate surface area is 90.8 Å². The number of hydrogen-bond acceptors (Lipinski definition) is 4. The van der Waals surface area contributed by atoms with Gasteiger partial charge in [-0.3, -0.25) is 4.79 Å². The second-order valence-electron chi connectivity index (χ2n) is 3.00. The molecule has 7 heteroatoms. The molecule has 0 amide bonds. The third kappa shape index (κ3) is 5.71. The number of ether oxygens (including phenoxy) is 1. The van der Waals surface area contributed by atoms with Crippen molar-refractivity contribution in [2.75, 3.05) is 27.2 Å². The van der Waals surface area contributed by atoms with Crippen molar-refractivity contribution in [1.82, 2.24) is 9.03 Å². The Bertz CT molecular complexity index is 289. The van der Waals surface area contributed by atoms with Crippen molar-refractivity contribution in [2.24, 2.45) is 0 Å². The van der Waals surface area contributed by atoms with Crippen LogP contribution in [0.4, 0.5) is 0 Å². The lowest BCUT2D eigenvalue weighted by Gasteiger charge is -2.16. The average Bonchev–Trinajstić information content (AvgIpc) is 2.17. The Morgan fingerprint density at radius 2 is 2.07 bits per heavy atom. The van der Waals surface area contributed by atoms with Crippen molar-refractivity contribution >= 4 is 16.2 Å². The molecular formula is C8H18N2O4S. The van der Waals surface area contributed by atoms with E-state index in [0.717, 1.165) is 0 Å². The quantitative estimate of drug-likeness (QED) is 0.619. The molecule has 0 aliphatic carbocycles. The van der Waals surface area contributed by atoms with E-state index in [0.29, 0.717) is 19.5 Å². The third-order valence-corrected chi connectivity index (χ3v) is 3.48. The minimum atomic E-state index is -3.38. The van der Waals surface area contributed by atoms with E-state index < -0.39 is 10.2 Å². The van der Waals surface area contributed by atoms with Crippen LogP contribution in [0.25, 0.3) is 0 Å². The minimum Gasteiger partial charge on any atom is -0.469 e. The van der Waals surface area contributed by atoms with Crippen LogP contribution in [0.3, 0.4) is 0 Å². The van der Waals surface area contributed by atoms with Crippen LogP contribution < -0.4 is 4.72 Å². The molecular weight excluding hydrogens is 220 g/mol. The van der Waals surface area contributed by atoms with Gasteiger partial charge in [0.2, 0.25) is 0 Å². The van der Waals surface area contributed by atoms with E-state index in [1.54, 1.807) is 6.92 Å². The number of nitrogens with one attached hydrogen (secondary N) is 1. The van der Waals surface area contributed by atoms with Crippen molar-refractivity contribution in [2.45, 2.75) is 19.8 Å². The molecule has 0 saturated heterocycles. The lowest BCUT2D eigenvalue weighted by molar-refractivity contribution is -0.140. The zero-order chi connectivity index (χ0) is 11.9. The number of carbonyl (C=O) groups excluding carboxylic acids is 1. The summed E-state index contributed by atoms with van der Waals surface area (Å²) >= 11 is 0. The first kappa shape index (κ1) is 14.3. The lowest BCUT2D eigenvalue weighted by atomic mass is 10.3. The fourth-order valence-corrected chi connectivity index (χ4v) is 1.92. The highest BCUT2D eigenvalue weighted by atomic mass is 32.2. The standard InChI is InChI=1S/C8H18N2O4S/c1-4-9-15(12,13)10(2)7-5-6-8(11)14-3/h9H,4-7H2,1-3H3. The van der Waals surface area contributed by atoms with Gasteiger partial charge in [-0.15, -0.1) is 0 Å². The zero-order valence-corrected chi connectivity index (χ0v) is 10.1. The summed E-state index contributed by atoms with van der Waals surface area (Å²) in [6.45, 7) is 2.36. The van der Waals surface area contributed by atoms with Gasteiger partial charge < -0.3 is 4.74 Å². The van der Waals surface area contributed by atoms with E-state index in [1.807, 2.05) is 0 Å². The van der Waals surface area contributed by atoms with Crippen LogP contribution in [-0.2, 0) is 19.7 Å². The van der Waals surface area contributed by atoms with Crippen LogP contribution >= 0.6 is 0 Å². The second-order valence-corrected chi connectivity index (χ2v) is 4.87. The summed E-state index contributed by atoms with van der Waals surface area (Å²) in [6, 6.07) is 0. The summed E-state index contributed by atoms with van der Waals surface area (Å²) < 4.78 is 30.7. The van der Waals surface area contributed by atoms with Gasteiger partial charge in [0.05, 0.1) is 7.11 Å². The summed E-state index contributed by atoms with van der Waals surface area (Å²) in [7, 11) is -0.609. The molecule has 0 bridgehead atoms. The number of carbonyl (C=O) groups is 1. The monoisotopic (exact) mass is 238 g/mol. The number of esters is 1. The Morgan fingerprint density at radius 3 is 2.53 bits per heavy atom. The van der Waals surface area contributed by atoms with Gasteiger partial charge in [-0.05, 0) is 6.42 Å². The molecule has 0 fully saturated rings. The van der Waals surface area contributed by atoms with Crippen molar-refractivity contribution < 1.29 is 17.9 Å². The number of rotatable bonds is 7. The van der Waals surface area contributed by atoms with Gasteiger partial charge in [0, 0.05) is 26.6 Å². The van der Waals surface area contributed by atoms with Gasteiger partial charge in [-0.2, -0.15) is 12.7 Å². The van der Waals surface area contributed by atoms with Crippen LogP contribution in [0, 0.1) is 0 Å². The molecule has 0 aromatic rings. The van der Waals surface area contributed by atoms with Crippen LogP contribution in [0.1, 0.15) is 19.8 Å². The van der Waals surface area contributed by atoms with Crippen LogP contribution in [-0.4, -0.2) is 45.9 Å². The van der Waals surface area contributed by atoms with Gasteiger partial charge >= 0.3 is 5.97 Å². The average molecular weight is 238 g/mol. The van der Waals surface area contributed by atoms with E-state index in [-0.39, 0.29) is 12.4 Å². The normalized spacial score (nSPS) is 11.7. The maximum absolute atomic E-state index is 11.4. The lowest BCUT2D eigenvalue weighted by Crippen LogP contribution is -2.38. The number of methoxy groups -OCH3 is 1. The first-order valence-corrected chi connectivity index (χ1v) is 6.15. The topological polar surface area (TPSA) is 75.7 Å². The molecule has 90 valence electrons. The Hall–Kier alpha value is -0.660. The smallest absolute Gasteiger partial charge is 0.305 e. The van der Waals surface area contributed by atoms with Crippen molar-refractivity contribution in [1.29, 1.82) is 0 Å².